The van der Waals surface area contributed by atoms with Crippen molar-refractivity contribution < 1.29 is 20.1 Å². The van der Waals surface area contributed by atoms with E-state index in [0.717, 1.165) is 44.9 Å². The molecule has 4 heteroatoms. The van der Waals surface area contributed by atoms with Gasteiger partial charge < -0.3 is 15.3 Å². The highest BCUT2D eigenvalue weighted by atomic mass is 16.4. The topological polar surface area (TPSA) is 77.8 Å². The first-order valence-electron chi connectivity index (χ1n) is 10.1. The quantitative estimate of drug-likeness (QED) is 0.459. The van der Waals surface area contributed by atoms with Gasteiger partial charge in [-0.15, -0.1) is 0 Å². The molecule has 26 heavy (non-hydrogen) atoms. The first-order chi connectivity index (χ1) is 12.2. The first kappa shape index (κ1) is 18.1. The lowest BCUT2D eigenvalue weighted by Gasteiger charge is -2.58. The molecule has 3 fully saturated rings. The van der Waals surface area contributed by atoms with Gasteiger partial charge in [-0.1, -0.05) is 31.4 Å². The molecule has 0 heterocycles. The van der Waals surface area contributed by atoms with Crippen LogP contribution in [0.3, 0.4) is 0 Å². The van der Waals surface area contributed by atoms with Gasteiger partial charge in [-0.3, -0.25) is 0 Å². The van der Waals surface area contributed by atoms with Crippen LogP contribution in [0.2, 0.25) is 0 Å². The monoisotopic (exact) mass is 358 g/mol. The van der Waals surface area contributed by atoms with Crippen LogP contribution < -0.4 is 0 Å². The Balaban J connectivity index is 1.66. The number of carbonyl (C=O) groups is 1. The molecule has 4 nitrogen and oxygen atoms in total. The van der Waals surface area contributed by atoms with Crippen LogP contribution >= 0.6 is 0 Å². The number of carboxylic acid groups (broad SMARTS) is 1. The lowest BCUT2D eigenvalue weighted by atomic mass is 9.47. The molecule has 0 radical (unpaired) electrons. The van der Waals surface area contributed by atoms with Crippen LogP contribution in [0.1, 0.15) is 65.2 Å². The van der Waals surface area contributed by atoms with E-state index < -0.39 is 11.6 Å². The Labute approximate surface area is 155 Å². The third-order valence-corrected chi connectivity index (χ3v) is 8.61. The van der Waals surface area contributed by atoms with Crippen molar-refractivity contribution in [2.45, 2.75) is 76.9 Å². The van der Waals surface area contributed by atoms with E-state index in [2.05, 4.69) is 31.8 Å². The fourth-order valence-electron chi connectivity index (χ4n) is 7.02. The predicted molar refractivity (Wildman–Crippen MR) is 98.1 cm³/mol. The molecule has 0 aromatic heterocycles. The third-order valence-electron chi connectivity index (χ3n) is 8.61. The standard InChI is InChI=1S/C22H30O4/c1-20-9-5-15(23)13-14(20)3-4-16-17(20)6-10-21(2)18(16)7-11-22(21,26)12-8-19(24)25/h3,15-18,23,26H,4-7,9-11,13H2,1-2H3,(H,24,25)/t15?,16?,17?,18?,20-,21-,22+/m1/s1. The van der Waals surface area contributed by atoms with E-state index in [0.29, 0.717) is 24.2 Å². The number of fused-ring (bicyclic) bond motifs is 5. The molecule has 4 rings (SSSR count). The van der Waals surface area contributed by atoms with Crippen LogP contribution in [0, 0.1) is 40.4 Å². The maximum absolute atomic E-state index is 11.2. The number of hydrogen-bond acceptors (Lipinski definition) is 3. The fourth-order valence-corrected chi connectivity index (χ4v) is 7.02. The van der Waals surface area contributed by atoms with Crippen molar-refractivity contribution >= 4 is 5.97 Å². The molecule has 4 aliphatic carbocycles. The summed E-state index contributed by atoms with van der Waals surface area (Å²) in [6, 6.07) is 0. The second-order valence-electron chi connectivity index (χ2n) is 9.57. The average molecular weight is 358 g/mol. The summed E-state index contributed by atoms with van der Waals surface area (Å²) in [7, 11) is 0. The number of aliphatic hydroxyl groups excluding tert-OH is 1. The average Bonchev–Trinajstić information content (AvgIpc) is 2.86. The van der Waals surface area contributed by atoms with Gasteiger partial charge in [0.15, 0.2) is 0 Å². The first-order valence-corrected chi connectivity index (χ1v) is 10.1. The van der Waals surface area contributed by atoms with Gasteiger partial charge in [0.1, 0.15) is 5.60 Å². The minimum Gasteiger partial charge on any atom is -0.472 e. The molecule has 3 N–H and O–H groups in total. The highest BCUT2D eigenvalue weighted by molar-refractivity contribution is 5.86. The molecule has 7 atom stereocenters. The highest BCUT2D eigenvalue weighted by Gasteiger charge is 2.63. The van der Waals surface area contributed by atoms with E-state index in [9.17, 15) is 15.0 Å². The number of aliphatic carboxylic acids is 1. The Morgan fingerprint density at radius 1 is 1.15 bits per heavy atom. The molecule has 0 amide bonds. The highest BCUT2D eigenvalue weighted by Crippen LogP contribution is 2.67. The minimum atomic E-state index is -1.19. The SMILES string of the molecule is C[C@@]12CCC(O)CC1=CCC1C2CC[C@]2(C)C1CC[C@]2(O)C#CC(=O)O. The Morgan fingerprint density at radius 2 is 1.88 bits per heavy atom. The Kier molecular flexibility index (Phi) is 4.06. The van der Waals surface area contributed by atoms with Gasteiger partial charge in [0, 0.05) is 11.3 Å². The molecule has 0 spiro atoms. The van der Waals surface area contributed by atoms with Crippen LogP contribution in [0.25, 0.3) is 0 Å². The van der Waals surface area contributed by atoms with Crippen molar-refractivity contribution in [2.24, 2.45) is 28.6 Å². The van der Waals surface area contributed by atoms with E-state index in [1.165, 1.54) is 5.57 Å². The lowest BCUT2D eigenvalue weighted by Crippen LogP contribution is -2.54. The van der Waals surface area contributed by atoms with Gasteiger partial charge in [0.2, 0.25) is 0 Å². The summed E-state index contributed by atoms with van der Waals surface area (Å²) in [5, 5.41) is 30.2. The Morgan fingerprint density at radius 3 is 2.62 bits per heavy atom. The molecule has 4 unspecified atom stereocenters. The van der Waals surface area contributed by atoms with E-state index >= 15 is 0 Å². The zero-order valence-electron chi connectivity index (χ0n) is 15.8. The van der Waals surface area contributed by atoms with Gasteiger partial charge in [-0.2, -0.15) is 0 Å². The summed E-state index contributed by atoms with van der Waals surface area (Å²) in [5.74, 6) is 5.26. The fraction of sp³-hybridized carbons (Fsp3) is 0.773. The second kappa shape index (κ2) is 5.84. The van der Waals surface area contributed by atoms with Crippen molar-refractivity contribution in [3.05, 3.63) is 11.6 Å². The maximum atomic E-state index is 11.2. The largest absolute Gasteiger partial charge is 0.472 e. The molecule has 0 bridgehead atoms. The molecule has 3 saturated carbocycles. The van der Waals surface area contributed by atoms with E-state index in [1.54, 1.807) is 0 Å². The minimum absolute atomic E-state index is 0.178. The molecule has 0 aromatic rings. The van der Waals surface area contributed by atoms with Crippen molar-refractivity contribution in [2.75, 3.05) is 0 Å². The number of allylic oxidation sites excluding steroid dienone is 1. The van der Waals surface area contributed by atoms with E-state index in [4.69, 9.17) is 5.11 Å². The van der Waals surface area contributed by atoms with Gasteiger partial charge in [-0.05, 0) is 74.5 Å². The summed E-state index contributed by atoms with van der Waals surface area (Å²) in [4.78, 5) is 10.9. The summed E-state index contributed by atoms with van der Waals surface area (Å²) >= 11 is 0. The lowest BCUT2D eigenvalue weighted by molar-refractivity contribution is -0.130. The van der Waals surface area contributed by atoms with Gasteiger partial charge in [-0.25, -0.2) is 4.79 Å². The molecular formula is C22H30O4. The summed E-state index contributed by atoms with van der Waals surface area (Å²) < 4.78 is 0. The maximum Gasteiger partial charge on any atom is 0.382 e. The van der Waals surface area contributed by atoms with Crippen molar-refractivity contribution in [3.63, 3.8) is 0 Å². The molecular weight excluding hydrogens is 328 g/mol. The van der Waals surface area contributed by atoms with Crippen LogP contribution in [0.5, 0.6) is 0 Å². The van der Waals surface area contributed by atoms with Crippen LogP contribution in [-0.2, 0) is 4.79 Å². The number of aliphatic hydroxyl groups is 2. The molecule has 142 valence electrons. The summed E-state index contributed by atoms with van der Waals surface area (Å²) in [6.45, 7) is 4.51. The third kappa shape index (κ3) is 2.40. The Hall–Kier alpha value is -1.31. The van der Waals surface area contributed by atoms with Gasteiger partial charge in [0.05, 0.1) is 6.10 Å². The summed E-state index contributed by atoms with van der Waals surface area (Å²) in [5.41, 5.74) is 0.109. The second-order valence-corrected chi connectivity index (χ2v) is 9.57. The van der Waals surface area contributed by atoms with Crippen LogP contribution in [0.15, 0.2) is 11.6 Å². The predicted octanol–water partition coefficient (Wildman–Crippen LogP) is 3.13. The van der Waals surface area contributed by atoms with Crippen LogP contribution in [0.4, 0.5) is 0 Å². The van der Waals surface area contributed by atoms with Crippen LogP contribution in [-0.4, -0.2) is 33.0 Å². The van der Waals surface area contributed by atoms with Gasteiger partial charge in [0.25, 0.3) is 0 Å². The molecule has 4 aliphatic rings. The zero-order chi connectivity index (χ0) is 18.7. The normalized spacial score (nSPS) is 49.8. The van der Waals surface area contributed by atoms with Crippen molar-refractivity contribution in [1.82, 2.24) is 0 Å². The van der Waals surface area contributed by atoms with E-state index in [-0.39, 0.29) is 16.9 Å². The molecule has 0 aromatic carbocycles. The number of hydrogen-bond donors (Lipinski definition) is 3. The van der Waals surface area contributed by atoms with Crippen molar-refractivity contribution in [3.8, 4) is 11.8 Å². The smallest absolute Gasteiger partial charge is 0.382 e. The Bertz CT molecular complexity index is 715. The molecule has 0 saturated heterocycles. The summed E-state index contributed by atoms with van der Waals surface area (Å²) in [6.07, 6.45) is 9.39. The molecule has 0 aliphatic heterocycles. The van der Waals surface area contributed by atoms with Gasteiger partial charge >= 0.3 is 5.97 Å². The number of carboxylic acids is 1. The number of rotatable bonds is 0. The zero-order valence-corrected chi connectivity index (χ0v) is 15.8. The van der Waals surface area contributed by atoms with E-state index in [1.807, 2.05) is 0 Å². The van der Waals surface area contributed by atoms with Crippen molar-refractivity contribution in [1.29, 1.82) is 0 Å².